The van der Waals surface area contributed by atoms with Gasteiger partial charge >= 0.3 is 0 Å². The maximum absolute atomic E-state index is 9.79. The third-order valence-electron chi connectivity index (χ3n) is 2.42. The first-order valence-corrected chi connectivity index (χ1v) is 6.14. The van der Waals surface area contributed by atoms with Crippen LogP contribution in [0.5, 0.6) is 5.75 Å². The van der Waals surface area contributed by atoms with Crippen LogP contribution < -0.4 is 0 Å². The van der Waals surface area contributed by atoms with Gasteiger partial charge in [-0.25, -0.2) is 0 Å². The topological polar surface area (TPSA) is 32.6 Å². The highest BCUT2D eigenvalue weighted by atomic mass is 35.5. The zero-order valence-electron chi connectivity index (χ0n) is 9.77. The molecule has 2 rings (SSSR count). The third kappa shape index (κ3) is 3.29. The van der Waals surface area contributed by atoms with Crippen LogP contribution in [0, 0.1) is 12.3 Å². The van der Waals surface area contributed by atoms with E-state index in [2.05, 4.69) is 10.9 Å². The number of halogens is 2. The lowest BCUT2D eigenvalue weighted by Crippen LogP contribution is -1.84. The molecule has 0 aliphatic heterocycles. The molecule has 0 aliphatic carbocycles. The summed E-state index contributed by atoms with van der Waals surface area (Å²) in [4.78, 5) is 4.23. The molecule has 0 saturated carbocycles. The minimum Gasteiger partial charge on any atom is -0.506 e. The first-order valence-electron chi connectivity index (χ1n) is 5.39. The number of aliphatic imine (C=N–C) groups is 1. The molecule has 0 saturated heterocycles. The van der Waals surface area contributed by atoms with Gasteiger partial charge in [0.15, 0.2) is 0 Å². The molecule has 1 N–H and O–H groups in total. The number of aromatic hydroxyl groups is 1. The van der Waals surface area contributed by atoms with E-state index in [1.807, 2.05) is 12.1 Å². The Morgan fingerprint density at radius 1 is 1.21 bits per heavy atom. The summed E-state index contributed by atoms with van der Waals surface area (Å²) in [6.45, 7) is 0. The number of benzene rings is 2. The Morgan fingerprint density at radius 3 is 2.74 bits per heavy atom. The van der Waals surface area contributed by atoms with Crippen LogP contribution in [-0.4, -0.2) is 11.3 Å². The van der Waals surface area contributed by atoms with Gasteiger partial charge in [0.25, 0.3) is 0 Å². The van der Waals surface area contributed by atoms with Gasteiger partial charge < -0.3 is 5.11 Å². The van der Waals surface area contributed by atoms with Crippen molar-refractivity contribution in [3.63, 3.8) is 0 Å². The van der Waals surface area contributed by atoms with Gasteiger partial charge in [0.05, 0.1) is 10.7 Å². The molecule has 0 amide bonds. The maximum Gasteiger partial charge on any atom is 0.143 e. The summed E-state index contributed by atoms with van der Waals surface area (Å²) in [6, 6.07) is 10.2. The van der Waals surface area contributed by atoms with Crippen LogP contribution in [0.2, 0.25) is 10.0 Å². The van der Waals surface area contributed by atoms with E-state index < -0.39 is 0 Å². The fourth-order valence-electron chi connectivity index (χ4n) is 1.50. The van der Waals surface area contributed by atoms with Gasteiger partial charge in [0, 0.05) is 22.4 Å². The van der Waals surface area contributed by atoms with Gasteiger partial charge in [-0.2, -0.15) is 0 Å². The highest BCUT2D eigenvalue weighted by Gasteiger charge is 2.05. The van der Waals surface area contributed by atoms with E-state index >= 15 is 0 Å². The molecule has 0 aliphatic rings. The number of terminal acetylenes is 1. The van der Waals surface area contributed by atoms with Crippen LogP contribution in [0.1, 0.15) is 11.1 Å². The first-order chi connectivity index (χ1) is 9.10. The molecule has 0 heterocycles. The van der Waals surface area contributed by atoms with Crippen molar-refractivity contribution in [2.24, 2.45) is 4.99 Å². The van der Waals surface area contributed by atoms with Gasteiger partial charge in [-0.1, -0.05) is 35.2 Å². The molecule has 0 fully saturated rings. The predicted octanol–water partition coefficient (Wildman–Crippen LogP) is 4.43. The summed E-state index contributed by atoms with van der Waals surface area (Å²) in [5.74, 6) is 2.48. The lowest BCUT2D eigenvalue weighted by atomic mass is 10.2. The molecule has 2 aromatic carbocycles. The summed E-state index contributed by atoms with van der Waals surface area (Å²) < 4.78 is 0. The molecule has 4 heteroatoms. The monoisotopic (exact) mass is 289 g/mol. The van der Waals surface area contributed by atoms with Crippen molar-refractivity contribution >= 4 is 35.1 Å². The maximum atomic E-state index is 9.79. The molecule has 19 heavy (non-hydrogen) atoms. The average Bonchev–Trinajstić information content (AvgIpc) is 2.41. The smallest absolute Gasteiger partial charge is 0.143 e. The molecular weight excluding hydrogens is 281 g/mol. The van der Waals surface area contributed by atoms with Gasteiger partial charge in [-0.3, -0.25) is 4.99 Å². The van der Waals surface area contributed by atoms with Gasteiger partial charge in [-0.15, -0.1) is 6.42 Å². The predicted molar refractivity (Wildman–Crippen MR) is 79.8 cm³/mol. The van der Waals surface area contributed by atoms with E-state index in [1.165, 1.54) is 12.3 Å². The van der Waals surface area contributed by atoms with Crippen molar-refractivity contribution in [3.05, 3.63) is 57.6 Å². The number of rotatable bonds is 2. The van der Waals surface area contributed by atoms with E-state index in [0.717, 1.165) is 5.56 Å². The molecule has 0 aromatic heterocycles. The Bertz CT molecular complexity index is 687. The Hall–Kier alpha value is -1.95. The molecule has 2 nitrogen and oxygen atoms in total. The Labute approximate surface area is 121 Å². The van der Waals surface area contributed by atoms with Gasteiger partial charge in [0.1, 0.15) is 5.75 Å². The van der Waals surface area contributed by atoms with Crippen molar-refractivity contribution < 1.29 is 5.11 Å². The number of phenolic OH excluding ortho intramolecular Hbond substituents is 1. The normalized spacial score (nSPS) is 10.6. The number of phenols is 1. The summed E-state index contributed by atoms with van der Waals surface area (Å²) in [6.07, 6.45) is 6.80. The SMILES string of the molecule is C#Cc1cccc(/N=C/c2cc(Cl)cc(Cl)c2O)c1. The second-order valence-corrected chi connectivity index (χ2v) is 4.62. The lowest BCUT2D eigenvalue weighted by molar-refractivity contribution is 0.475. The van der Waals surface area contributed by atoms with E-state index in [9.17, 15) is 5.11 Å². The largest absolute Gasteiger partial charge is 0.506 e. The van der Waals surface area contributed by atoms with Crippen LogP contribution >= 0.6 is 23.2 Å². The number of hydrogen-bond acceptors (Lipinski definition) is 2. The van der Waals surface area contributed by atoms with Crippen LogP contribution in [0.15, 0.2) is 41.4 Å². The highest BCUT2D eigenvalue weighted by molar-refractivity contribution is 6.36. The second-order valence-electron chi connectivity index (χ2n) is 3.78. The van der Waals surface area contributed by atoms with E-state index in [-0.39, 0.29) is 10.8 Å². The molecule has 94 valence electrons. The van der Waals surface area contributed by atoms with Crippen molar-refractivity contribution in [3.8, 4) is 18.1 Å². The Kier molecular flexibility index (Phi) is 4.11. The number of nitrogens with zero attached hydrogens (tertiary/aromatic N) is 1. The van der Waals surface area contributed by atoms with Crippen LogP contribution in [0.3, 0.4) is 0 Å². The van der Waals surface area contributed by atoms with Crippen molar-refractivity contribution in [2.75, 3.05) is 0 Å². The zero-order valence-corrected chi connectivity index (χ0v) is 11.3. The van der Waals surface area contributed by atoms with Crippen LogP contribution in [0.25, 0.3) is 0 Å². The summed E-state index contributed by atoms with van der Waals surface area (Å²) in [5, 5.41) is 10.4. The van der Waals surface area contributed by atoms with Crippen molar-refractivity contribution in [1.82, 2.24) is 0 Å². The molecule has 0 spiro atoms. The van der Waals surface area contributed by atoms with Gasteiger partial charge in [0.2, 0.25) is 0 Å². The van der Waals surface area contributed by atoms with Crippen molar-refractivity contribution in [2.45, 2.75) is 0 Å². The van der Waals surface area contributed by atoms with Crippen molar-refractivity contribution in [1.29, 1.82) is 0 Å². The summed E-state index contributed by atoms with van der Waals surface area (Å²) >= 11 is 11.7. The third-order valence-corrected chi connectivity index (χ3v) is 2.93. The minimum absolute atomic E-state index is 0.0529. The Balaban J connectivity index is 2.35. The second kappa shape index (κ2) is 5.79. The van der Waals surface area contributed by atoms with E-state index in [4.69, 9.17) is 29.6 Å². The lowest BCUT2D eigenvalue weighted by Gasteiger charge is -2.02. The fraction of sp³-hybridized carbons (Fsp3) is 0. The molecule has 0 radical (unpaired) electrons. The fourth-order valence-corrected chi connectivity index (χ4v) is 2.01. The highest BCUT2D eigenvalue weighted by Crippen LogP contribution is 2.30. The zero-order chi connectivity index (χ0) is 13.8. The quantitative estimate of drug-likeness (QED) is 0.644. The standard InChI is InChI=1S/C15H9Cl2NO/c1-2-10-4-3-5-13(6-10)18-9-11-7-12(16)8-14(17)15(11)19/h1,3-9,19H/b18-9+. The van der Waals surface area contributed by atoms with Gasteiger partial charge in [-0.05, 0) is 30.3 Å². The first kappa shape index (κ1) is 13.5. The number of hydrogen-bond donors (Lipinski definition) is 1. The molecule has 0 bridgehead atoms. The van der Waals surface area contributed by atoms with Crippen LogP contribution in [-0.2, 0) is 0 Å². The molecular formula is C15H9Cl2NO. The molecule has 2 aromatic rings. The molecule has 0 atom stereocenters. The minimum atomic E-state index is -0.0529. The van der Waals surface area contributed by atoms with E-state index in [0.29, 0.717) is 16.3 Å². The average molecular weight is 290 g/mol. The summed E-state index contributed by atoms with van der Waals surface area (Å²) in [7, 11) is 0. The summed E-state index contributed by atoms with van der Waals surface area (Å²) in [5.41, 5.74) is 1.87. The Morgan fingerprint density at radius 2 is 2.00 bits per heavy atom. The molecule has 0 unspecified atom stereocenters. The van der Waals surface area contributed by atoms with Crippen LogP contribution in [0.4, 0.5) is 5.69 Å². The van der Waals surface area contributed by atoms with E-state index in [1.54, 1.807) is 18.2 Å².